The molecule has 132 valence electrons. The number of aromatic nitrogens is 4. The van der Waals surface area contributed by atoms with Crippen LogP contribution in [0.4, 0.5) is 4.39 Å². The average molecular weight is 344 g/mol. The van der Waals surface area contributed by atoms with Crippen molar-refractivity contribution in [2.75, 3.05) is 7.11 Å². The molecule has 7 heteroatoms. The lowest BCUT2D eigenvalue weighted by Crippen LogP contribution is -2.02. The second-order valence-corrected chi connectivity index (χ2v) is 6.34. The lowest BCUT2D eigenvalue weighted by atomic mass is 10.1. The van der Waals surface area contributed by atoms with Crippen molar-refractivity contribution in [3.63, 3.8) is 0 Å². The predicted octanol–water partition coefficient (Wildman–Crippen LogP) is 3.71. The van der Waals surface area contributed by atoms with Crippen LogP contribution < -0.4 is 0 Å². The van der Waals surface area contributed by atoms with Gasteiger partial charge in [-0.05, 0) is 37.1 Å². The molecule has 0 radical (unpaired) electrons. The van der Waals surface area contributed by atoms with Crippen LogP contribution in [0.2, 0.25) is 0 Å². The monoisotopic (exact) mass is 344 g/mol. The molecule has 3 rings (SSSR count). The molecule has 0 N–H and O–H groups in total. The zero-order valence-electron chi connectivity index (χ0n) is 14.8. The van der Waals surface area contributed by atoms with Gasteiger partial charge in [0, 0.05) is 13.5 Å². The standard InChI is InChI=1S/C18H21FN4O2/c1-11(2)9-16-20-18(17-15(10-24-4)12(3)25-22-17)23(21-16)14-7-5-13(19)6-8-14/h5-8,11H,9-10H2,1-4H3. The molecular formula is C18H21FN4O2. The molecular weight excluding hydrogens is 323 g/mol. The maximum absolute atomic E-state index is 13.3. The fourth-order valence-corrected chi connectivity index (χ4v) is 2.60. The van der Waals surface area contributed by atoms with E-state index in [4.69, 9.17) is 9.26 Å². The van der Waals surface area contributed by atoms with Gasteiger partial charge in [0.25, 0.3) is 0 Å². The molecule has 0 amide bonds. The zero-order valence-corrected chi connectivity index (χ0v) is 14.8. The maximum Gasteiger partial charge on any atom is 0.185 e. The van der Waals surface area contributed by atoms with Gasteiger partial charge >= 0.3 is 0 Å². The second-order valence-electron chi connectivity index (χ2n) is 6.34. The van der Waals surface area contributed by atoms with E-state index in [1.165, 1.54) is 12.1 Å². The molecule has 2 heterocycles. The number of benzene rings is 1. The summed E-state index contributed by atoms with van der Waals surface area (Å²) in [6.07, 6.45) is 0.734. The van der Waals surface area contributed by atoms with Gasteiger partial charge in [-0.1, -0.05) is 19.0 Å². The molecule has 0 aliphatic carbocycles. The van der Waals surface area contributed by atoms with E-state index in [9.17, 15) is 4.39 Å². The number of aryl methyl sites for hydroxylation is 1. The van der Waals surface area contributed by atoms with Crippen molar-refractivity contribution < 1.29 is 13.7 Å². The summed E-state index contributed by atoms with van der Waals surface area (Å²) in [5, 5.41) is 8.75. The van der Waals surface area contributed by atoms with Crippen molar-refractivity contribution in [3.05, 3.63) is 47.2 Å². The molecule has 2 aromatic heterocycles. The summed E-state index contributed by atoms with van der Waals surface area (Å²) in [6.45, 7) is 6.41. The van der Waals surface area contributed by atoms with Gasteiger partial charge in [0.1, 0.15) is 11.6 Å². The number of nitrogens with zero attached hydrogens (tertiary/aromatic N) is 4. The van der Waals surface area contributed by atoms with Crippen molar-refractivity contribution in [3.8, 4) is 17.2 Å². The summed E-state index contributed by atoms with van der Waals surface area (Å²) in [4.78, 5) is 4.66. The molecule has 0 saturated heterocycles. The Morgan fingerprint density at radius 2 is 1.96 bits per heavy atom. The molecule has 0 spiro atoms. The summed E-state index contributed by atoms with van der Waals surface area (Å²) in [5.74, 6) is 2.06. The summed E-state index contributed by atoms with van der Waals surface area (Å²) in [7, 11) is 1.62. The zero-order chi connectivity index (χ0) is 18.0. The quantitative estimate of drug-likeness (QED) is 0.682. The van der Waals surface area contributed by atoms with Crippen molar-refractivity contribution in [1.29, 1.82) is 0 Å². The van der Waals surface area contributed by atoms with E-state index in [-0.39, 0.29) is 5.82 Å². The molecule has 0 aliphatic rings. The lowest BCUT2D eigenvalue weighted by molar-refractivity contribution is 0.183. The number of hydrogen-bond donors (Lipinski definition) is 0. The SMILES string of the molecule is COCc1c(-c2nc(CC(C)C)nn2-c2ccc(F)cc2)noc1C. The van der Waals surface area contributed by atoms with Crippen LogP contribution in [-0.2, 0) is 17.8 Å². The van der Waals surface area contributed by atoms with Gasteiger partial charge in [-0.2, -0.15) is 5.10 Å². The van der Waals surface area contributed by atoms with Crippen LogP contribution in [0.25, 0.3) is 17.2 Å². The van der Waals surface area contributed by atoms with Crippen molar-refractivity contribution >= 4 is 0 Å². The summed E-state index contributed by atoms with van der Waals surface area (Å²) in [6, 6.07) is 6.12. The minimum atomic E-state index is -0.301. The number of rotatable bonds is 6. The summed E-state index contributed by atoms with van der Waals surface area (Å²) < 4.78 is 25.5. The Labute approximate surface area is 145 Å². The first-order chi connectivity index (χ1) is 12.0. The van der Waals surface area contributed by atoms with Gasteiger partial charge in [0.15, 0.2) is 17.3 Å². The third-order valence-corrected chi connectivity index (χ3v) is 3.80. The fourth-order valence-electron chi connectivity index (χ4n) is 2.60. The van der Waals surface area contributed by atoms with Crippen LogP contribution >= 0.6 is 0 Å². The molecule has 3 aromatic rings. The molecule has 0 fully saturated rings. The minimum Gasteiger partial charge on any atom is -0.380 e. The molecule has 0 aliphatic heterocycles. The van der Waals surface area contributed by atoms with Crippen LogP contribution in [-0.4, -0.2) is 27.0 Å². The maximum atomic E-state index is 13.3. The number of halogens is 1. The molecule has 0 saturated carbocycles. The van der Waals surface area contributed by atoms with Crippen LogP contribution in [0.3, 0.4) is 0 Å². The van der Waals surface area contributed by atoms with Crippen LogP contribution in [0, 0.1) is 18.7 Å². The van der Waals surface area contributed by atoms with Crippen LogP contribution in [0.1, 0.15) is 31.0 Å². The topological polar surface area (TPSA) is 66.0 Å². The molecule has 1 aromatic carbocycles. The van der Waals surface area contributed by atoms with Crippen LogP contribution in [0.5, 0.6) is 0 Å². The van der Waals surface area contributed by atoms with Gasteiger partial charge in [0.2, 0.25) is 0 Å². The highest BCUT2D eigenvalue weighted by atomic mass is 19.1. The fraction of sp³-hybridized carbons (Fsp3) is 0.389. The number of methoxy groups -OCH3 is 1. The first-order valence-electron chi connectivity index (χ1n) is 8.16. The third-order valence-electron chi connectivity index (χ3n) is 3.80. The van der Waals surface area contributed by atoms with E-state index in [1.807, 2.05) is 6.92 Å². The third kappa shape index (κ3) is 3.61. The summed E-state index contributed by atoms with van der Waals surface area (Å²) in [5.41, 5.74) is 2.13. The lowest BCUT2D eigenvalue weighted by Gasteiger charge is -2.05. The number of ether oxygens (including phenoxy) is 1. The van der Waals surface area contributed by atoms with Crippen molar-refractivity contribution in [1.82, 2.24) is 19.9 Å². The van der Waals surface area contributed by atoms with Gasteiger partial charge < -0.3 is 9.26 Å². The minimum absolute atomic E-state index is 0.301. The molecule has 25 heavy (non-hydrogen) atoms. The van der Waals surface area contributed by atoms with Gasteiger partial charge in [-0.3, -0.25) is 0 Å². The Kier molecular flexibility index (Phi) is 4.94. The van der Waals surface area contributed by atoms with E-state index >= 15 is 0 Å². The molecule has 6 nitrogen and oxygen atoms in total. The highest BCUT2D eigenvalue weighted by Crippen LogP contribution is 2.27. The molecule has 0 unspecified atom stereocenters. The highest BCUT2D eigenvalue weighted by molar-refractivity contribution is 5.58. The second kappa shape index (κ2) is 7.14. The van der Waals surface area contributed by atoms with E-state index in [2.05, 4.69) is 29.1 Å². The van der Waals surface area contributed by atoms with Gasteiger partial charge in [-0.25, -0.2) is 14.1 Å². The molecule has 0 atom stereocenters. The average Bonchev–Trinajstić information content (AvgIpc) is 3.12. The Hall–Kier alpha value is -2.54. The van der Waals surface area contributed by atoms with Crippen molar-refractivity contribution in [2.45, 2.75) is 33.8 Å². The highest BCUT2D eigenvalue weighted by Gasteiger charge is 2.22. The Bertz CT molecular complexity index is 853. The predicted molar refractivity (Wildman–Crippen MR) is 90.8 cm³/mol. The van der Waals surface area contributed by atoms with E-state index in [0.717, 1.165) is 12.0 Å². The smallest absolute Gasteiger partial charge is 0.185 e. The first-order valence-corrected chi connectivity index (χ1v) is 8.16. The van der Waals surface area contributed by atoms with Crippen molar-refractivity contribution in [2.24, 2.45) is 5.92 Å². The van der Waals surface area contributed by atoms with Crippen LogP contribution in [0.15, 0.2) is 28.8 Å². The Morgan fingerprint density at radius 3 is 2.60 bits per heavy atom. The van der Waals surface area contributed by atoms with E-state index < -0.39 is 0 Å². The summed E-state index contributed by atoms with van der Waals surface area (Å²) >= 11 is 0. The largest absolute Gasteiger partial charge is 0.380 e. The van der Waals surface area contributed by atoms with E-state index in [0.29, 0.717) is 41.3 Å². The van der Waals surface area contributed by atoms with E-state index in [1.54, 1.807) is 23.9 Å². The first kappa shape index (κ1) is 17.3. The van der Waals surface area contributed by atoms with Gasteiger partial charge in [0.05, 0.1) is 17.9 Å². The van der Waals surface area contributed by atoms with Gasteiger partial charge in [-0.15, -0.1) is 0 Å². The molecule has 0 bridgehead atoms. The Balaban J connectivity index is 2.14. The Morgan fingerprint density at radius 1 is 1.24 bits per heavy atom. The number of hydrogen-bond acceptors (Lipinski definition) is 5. The normalized spacial score (nSPS) is 11.4.